The number of anilines is 1. The third-order valence-electron chi connectivity index (χ3n) is 4.12. The molecule has 1 aliphatic rings. The lowest BCUT2D eigenvalue weighted by molar-refractivity contribution is -0.274. The Labute approximate surface area is 160 Å². The third-order valence-corrected chi connectivity index (χ3v) is 5.52. The van der Waals surface area contributed by atoms with Gasteiger partial charge >= 0.3 is 6.36 Å². The number of carbonyl (C=O) groups is 1. The number of alkyl halides is 3. The van der Waals surface area contributed by atoms with E-state index in [0.29, 0.717) is 18.7 Å². The summed E-state index contributed by atoms with van der Waals surface area (Å²) in [5.41, 5.74) is 0.539. The molecule has 10 heteroatoms. The van der Waals surface area contributed by atoms with E-state index < -0.39 is 22.1 Å². The molecule has 28 heavy (non-hydrogen) atoms. The molecule has 0 unspecified atom stereocenters. The topological polar surface area (TPSA) is 75.7 Å². The second kappa shape index (κ2) is 7.70. The summed E-state index contributed by atoms with van der Waals surface area (Å²) in [5.74, 6) is -0.697. The van der Waals surface area contributed by atoms with Crippen molar-refractivity contribution < 1.29 is 31.1 Å². The second-order valence-corrected chi connectivity index (χ2v) is 7.89. The SMILES string of the molecule is O=C(c1cccc(NS(=O)(=O)c2ccc(OC(F)(F)F)cc2)c1)N1CCCC1. The van der Waals surface area contributed by atoms with Gasteiger partial charge < -0.3 is 9.64 Å². The van der Waals surface area contributed by atoms with E-state index in [2.05, 4.69) is 9.46 Å². The number of halogens is 3. The van der Waals surface area contributed by atoms with Crippen LogP contribution in [-0.4, -0.2) is 38.7 Å². The molecule has 0 saturated carbocycles. The van der Waals surface area contributed by atoms with Crippen LogP contribution in [0.4, 0.5) is 18.9 Å². The number of amides is 1. The molecular formula is C18H17F3N2O4S. The zero-order valence-corrected chi connectivity index (χ0v) is 15.4. The van der Waals surface area contributed by atoms with Gasteiger partial charge in [-0.25, -0.2) is 8.42 Å². The van der Waals surface area contributed by atoms with Crippen LogP contribution >= 0.6 is 0 Å². The average Bonchev–Trinajstić information content (AvgIpc) is 3.14. The maximum atomic E-state index is 12.5. The van der Waals surface area contributed by atoms with E-state index in [0.717, 1.165) is 37.1 Å². The average molecular weight is 414 g/mol. The first kappa shape index (κ1) is 20.0. The Hall–Kier alpha value is -2.75. The minimum atomic E-state index is -4.86. The van der Waals surface area contributed by atoms with Crippen molar-refractivity contribution in [1.29, 1.82) is 0 Å². The Bertz CT molecular complexity index is 954. The van der Waals surface area contributed by atoms with E-state index in [4.69, 9.17) is 0 Å². The minimum Gasteiger partial charge on any atom is -0.406 e. The van der Waals surface area contributed by atoms with E-state index in [1.165, 1.54) is 12.1 Å². The van der Waals surface area contributed by atoms with Crippen LogP contribution in [0.2, 0.25) is 0 Å². The Morgan fingerprint density at radius 3 is 2.29 bits per heavy atom. The number of benzene rings is 2. The van der Waals surface area contributed by atoms with Gasteiger partial charge in [-0.2, -0.15) is 0 Å². The normalized spacial score (nSPS) is 14.8. The summed E-state index contributed by atoms with van der Waals surface area (Å²) in [6.07, 6.45) is -2.99. The Morgan fingerprint density at radius 2 is 1.68 bits per heavy atom. The van der Waals surface area contributed by atoms with E-state index in [1.54, 1.807) is 17.0 Å². The fraction of sp³-hybridized carbons (Fsp3) is 0.278. The van der Waals surface area contributed by atoms with Gasteiger partial charge in [0.15, 0.2) is 0 Å². The molecule has 3 rings (SSSR count). The molecule has 0 spiro atoms. The van der Waals surface area contributed by atoms with Gasteiger partial charge in [-0.15, -0.1) is 13.2 Å². The van der Waals surface area contributed by atoms with E-state index in [1.807, 2.05) is 0 Å². The zero-order valence-electron chi connectivity index (χ0n) is 14.6. The lowest BCUT2D eigenvalue weighted by Gasteiger charge is -2.16. The van der Waals surface area contributed by atoms with E-state index >= 15 is 0 Å². The van der Waals surface area contributed by atoms with Crippen molar-refractivity contribution in [2.24, 2.45) is 0 Å². The molecule has 2 aromatic carbocycles. The number of hydrogen-bond acceptors (Lipinski definition) is 4. The number of ether oxygens (including phenoxy) is 1. The molecule has 0 aliphatic carbocycles. The molecule has 1 N–H and O–H groups in total. The maximum absolute atomic E-state index is 12.5. The van der Waals surface area contributed by atoms with Crippen molar-refractivity contribution in [1.82, 2.24) is 4.90 Å². The molecule has 150 valence electrons. The van der Waals surface area contributed by atoms with Crippen LogP contribution in [0.3, 0.4) is 0 Å². The van der Waals surface area contributed by atoms with Crippen LogP contribution in [0.5, 0.6) is 5.75 Å². The fourth-order valence-electron chi connectivity index (χ4n) is 2.85. The van der Waals surface area contributed by atoms with Crippen LogP contribution in [0.1, 0.15) is 23.2 Å². The summed E-state index contributed by atoms with van der Waals surface area (Å²) in [5, 5.41) is 0. The highest BCUT2D eigenvalue weighted by Gasteiger charge is 2.31. The Balaban J connectivity index is 1.75. The Kier molecular flexibility index (Phi) is 5.50. The van der Waals surface area contributed by atoms with Crippen LogP contribution in [0.25, 0.3) is 0 Å². The van der Waals surface area contributed by atoms with Crippen molar-refractivity contribution in [3.05, 3.63) is 54.1 Å². The Morgan fingerprint density at radius 1 is 1.04 bits per heavy atom. The first-order valence-corrected chi connectivity index (χ1v) is 9.90. The van der Waals surface area contributed by atoms with Gasteiger partial charge in [0.1, 0.15) is 5.75 Å². The lowest BCUT2D eigenvalue weighted by atomic mass is 10.2. The predicted molar refractivity (Wildman–Crippen MR) is 95.5 cm³/mol. The maximum Gasteiger partial charge on any atom is 0.573 e. The van der Waals surface area contributed by atoms with Gasteiger partial charge in [0.2, 0.25) is 0 Å². The quantitative estimate of drug-likeness (QED) is 0.811. The second-order valence-electron chi connectivity index (χ2n) is 6.20. The smallest absolute Gasteiger partial charge is 0.406 e. The molecule has 0 atom stereocenters. The number of carbonyl (C=O) groups excluding carboxylic acids is 1. The van der Waals surface area contributed by atoms with Gasteiger partial charge in [-0.3, -0.25) is 9.52 Å². The van der Waals surface area contributed by atoms with E-state index in [9.17, 15) is 26.4 Å². The van der Waals surface area contributed by atoms with Crippen LogP contribution in [-0.2, 0) is 10.0 Å². The summed E-state index contributed by atoms with van der Waals surface area (Å²) in [4.78, 5) is 13.9. The zero-order chi connectivity index (χ0) is 20.4. The van der Waals surface area contributed by atoms with Gasteiger partial charge in [0.25, 0.3) is 15.9 Å². The fourth-order valence-corrected chi connectivity index (χ4v) is 3.90. The van der Waals surface area contributed by atoms with E-state index in [-0.39, 0.29) is 16.5 Å². The molecule has 1 amide bonds. The van der Waals surface area contributed by atoms with Gasteiger partial charge in [0.05, 0.1) is 4.90 Å². The molecule has 1 fully saturated rings. The largest absolute Gasteiger partial charge is 0.573 e. The standard InChI is InChI=1S/C18H17F3N2O4S/c19-18(20,21)27-15-6-8-16(9-7-15)28(25,26)22-14-5-3-4-13(12-14)17(24)23-10-1-2-11-23/h3-9,12,22H,1-2,10-11H2. The van der Waals surface area contributed by atoms with Crippen LogP contribution < -0.4 is 9.46 Å². The third kappa shape index (κ3) is 4.94. The van der Waals surface area contributed by atoms with Crippen molar-refractivity contribution in [3.63, 3.8) is 0 Å². The lowest BCUT2D eigenvalue weighted by Crippen LogP contribution is -2.27. The molecule has 0 radical (unpaired) electrons. The number of rotatable bonds is 5. The molecular weight excluding hydrogens is 397 g/mol. The first-order valence-electron chi connectivity index (χ1n) is 8.42. The van der Waals surface area contributed by atoms with Crippen molar-refractivity contribution >= 4 is 21.6 Å². The number of sulfonamides is 1. The number of hydrogen-bond donors (Lipinski definition) is 1. The van der Waals surface area contributed by atoms with Crippen molar-refractivity contribution in [2.75, 3.05) is 17.8 Å². The molecule has 0 bridgehead atoms. The highest BCUT2D eigenvalue weighted by atomic mass is 32.2. The highest BCUT2D eigenvalue weighted by Crippen LogP contribution is 2.25. The summed E-state index contributed by atoms with van der Waals surface area (Å²) in [7, 11) is -4.05. The number of nitrogens with one attached hydrogen (secondary N) is 1. The number of nitrogens with zero attached hydrogens (tertiary/aromatic N) is 1. The van der Waals surface area contributed by atoms with Gasteiger partial charge in [-0.05, 0) is 55.3 Å². The van der Waals surface area contributed by atoms with Crippen molar-refractivity contribution in [3.8, 4) is 5.75 Å². The monoisotopic (exact) mass is 414 g/mol. The van der Waals surface area contributed by atoms with Gasteiger partial charge in [0, 0.05) is 24.3 Å². The van der Waals surface area contributed by atoms with Crippen LogP contribution in [0.15, 0.2) is 53.4 Å². The molecule has 0 aromatic heterocycles. The van der Waals surface area contributed by atoms with Crippen LogP contribution in [0, 0.1) is 0 Å². The molecule has 1 saturated heterocycles. The molecule has 6 nitrogen and oxygen atoms in total. The number of likely N-dealkylation sites (tertiary alicyclic amines) is 1. The van der Waals surface area contributed by atoms with Gasteiger partial charge in [-0.1, -0.05) is 6.07 Å². The van der Waals surface area contributed by atoms with Crippen molar-refractivity contribution in [2.45, 2.75) is 24.1 Å². The molecule has 2 aromatic rings. The summed E-state index contributed by atoms with van der Waals surface area (Å²) in [6, 6.07) is 9.90. The molecule has 1 aliphatic heterocycles. The minimum absolute atomic E-state index is 0.174. The summed E-state index contributed by atoms with van der Waals surface area (Å²) >= 11 is 0. The highest BCUT2D eigenvalue weighted by molar-refractivity contribution is 7.92. The summed E-state index contributed by atoms with van der Waals surface area (Å²) in [6.45, 7) is 1.34. The first-order chi connectivity index (χ1) is 13.1. The predicted octanol–water partition coefficient (Wildman–Crippen LogP) is 3.62. The summed E-state index contributed by atoms with van der Waals surface area (Å²) < 4.78 is 67.6. The molecule has 1 heterocycles.